The Labute approximate surface area is 167 Å². The molecule has 0 unspecified atom stereocenters. The van der Waals surface area contributed by atoms with E-state index in [4.69, 9.17) is 23.2 Å². The first-order chi connectivity index (χ1) is 12.9. The number of benzene rings is 1. The minimum absolute atomic E-state index is 0.0777. The zero-order chi connectivity index (χ0) is 19.6. The van der Waals surface area contributed by atoms with Crippen LogP contribution in [0.1, 0.15) is 12.8 Å². The molecule has 1 fully saturated rings. The maximum absolute atomic E-state index is 11.8. The summed E-state index contributed by atoms with van der Waals surface area (Å²) in [5.41, 5.74) is 0.258. The predicted octanol–water partition coefficient (Wildman–Crippen LogP) is 3.97. The monoisotopic (exact) mass is 410 g/mol. The van der Waals surface area contributed by atoms with Crippen molar-refractivity contribution < 1.29 is 4.92 Å². The summed E-state index contributed by atoms with van der Waals surface area (Å²) < 4.78 is 0. The Morgan fingerprint density at radius 2 is 2.00 bits per heavy atom. The van der Waals surface area contributed by atoms with Crippen LogP contribution in [0.5, 0.6) is 0 Å². The number of likely N-dealkylation sites (tertiary alicyclic amines) is 1. The largest absolute Gasteiger partial charge is 0.353 e. The molecule has 8 nitrogen and oxygen atoms in total. The van der Waals surface area contributed by atoms with Gasteiger partial charge in [-0.15, -0.1) is 0 Å². The van der Waals surface area contributed by atoms with Gasteiger partial charge in [0.15, 0.2) is 0 Å². The summed E-state index contributed by atoms with van der Waals surface area (Å²) >= 11 is 12.2. The minimum Gasteiger partial charge on any atom is -0.351 e. The fourth-order valence-electron chi connectivity index (χ4n) is 3.17. The van der Waals surface area contributed by atoms with Crippen LogP contribution in [0.4, 0.5) is 23.0 Å². The van der Waals surface area contributed by atoms with Crippen molar-refractivity contribution >= 4 is 46.2 Å². The molecule has 2 heterocycles. The van der Waals surface area contributed by atoms with Gasteiger partial charge in [-0.25, -0.2) is 9.97 Å². The maximum Gasteiger partial charge on any atom is 0.353 e. The number of nitrogens with zero attached hydrogens (tertiary/aromatic N) is 5. The molecule has 1 aliphatic heterocycles. The predicted molar refractivity (Wildman–Crippen MR) is 107 cm³/mol. The summed E-state index contributed by atoms with van der Waals surface area (Å²) in [5, 5.41) is 15.4. The van der Waals surface area contributed by atoms with Crippen LogP contribution in [0, 0.1) is 10.1 Å². The average molecular weight is 411 g/mol. The fraction of sp³-hybridized carbons (Fsp3) is 0.412. The molecule has 1 aromatic heterocycles. The van der Waals surface area contributed by atoms with Crippen LogP contribution in [-0.2, 0) is 0 Å². The second-order valence-electron chi connectivity index (χ2n) is 6.52. The first-order valence-corrected chi connectivity index (χ1v) is 9.26. The molecule has 144 valence electrons. The number of piperidine rings is 1. The quantitative estimate of drug-likeness (QED) is 0.589. The second kappa shape index (κ2) is 8.24. The number of nitro groups is 1. The summed E-state index contributed by atoms with van der Waals surface area (Å²) in [7, 11) is 3.90. The highest BCUT2D eigenvalue weighted by Crippen LogP contribution is 2.37. The highest BCUT2D eigenvalue weighted by molar-refractivity contribution is 6.43. The van der Waals surface area contributed by atoms with Gasteiger partial charge < -0.3 is 15.1 Å². The van der Waals surface area contributed by atoms with Crippen LogP contribution in [0.25, 0.3) is 0 Å². The molecular weight excluding hydrogens is 391 g/mol. The van der Waals surface area contributed by atoms with Crippen molar-refractivity contribution in [3.05, 3.63) is 44.7 Å². The number of hydrogen-bond acceptors (Lipinski definition) is 7. The standard InChI is InChI=1S/C17H20Cl2N6O2/c1-23-8-6-11(7-9-23)24(2)17-15(25(26)27)16(20-10-21-17)22-13-5-3-4-12(18)14(13)19/h3-5,10-11H,6-9H2,1-2H3,(H,20,21,22). The van der Waals surface area contributed by atoms with E-state index in [0.29, 0.717) is 10.7 Å². The van der Waals surface area contributed by atoms with Crippen molar-refractivity contribution in [2.45, 2.75) is 18.9 Å². The van der Waals surface area contributed by atoms with Gasteiger partial charge >= 0.3 is 5.69 Å². The van der Waals surface area contributed by atoms with E-state index in [1.165, 1.54) is 6.33 Å². The average Bonchev–Trinajstić information content (AvgIpc) is 2.65. The summed E-state index contributed by atoms with van der Waals surface area (Å²) in [4.78, 5) is 23.7. The molecule has 0 aliphatic carbocycles. The van der Waals surface area contributed by atoms with Gasteiger partial charge in [0.1, 0.15) is 6.33 Å². The normalized spacial score (nSPS) is 15.6. The molecule has 1 N–H and O–H groups in total. The van der Waals surface area contributed by atoms with Gasteiger partial charge in [-0.05, 0) is 45.1 Å². The number of hydrogen-bond donors (Lipinski definition) is 1. The lowest BCUT2D eigenvalue weighted by Gasteiger charge is -2.35. The van der Waals surface area contributed by atoms with Crippen molar-refractivity contribution in [2.24, 2.45) is 0 Å². The Bertz CT molecular complexity index is 842. The molecular formula is C17H20Cl2N6O2. The van der Waals surface area contributed by atoms with Gasteiger partial charge in [0.2, 0.25) is 11.6 Å². The Balaban J connectivity index is 1.95. The number of nitrogens with one attached hydrogen (secondary N) is 1. The van der Waals surface area contributed by atoms with E-state index in [0.717, 1.165) is 25.9 Å². The third-order valence-electron chi connectivity index (χ3n) is 4.76. The minimum atomic E-state index is -0.471. The smallest absolute Gasteiger partial charge is 0.351 e. The zero-order valence-corrected chi connectivity index (χ0v) is 16.5. The van der Waals surface area contributed by atoms with E-state index in [1.54, 1.807) is 18.2 Å². The van der Waals surface area contributed by atoms with Gasteiger partial charge in [0.25, 0.3) is 0 Å². The second-order valence-corrected chi connectivity index (χ2v) is 7.31. The van der Waals surface area contributed by atoms with Crippen LogP contribution in [0.2, 0.25) is 10.0 Å². The Morgan fingerprint density at radius 3 is 2.67 bits per heavy atom. The summed E-state index contributed by atoms with van der Waals surface area (Å²) in [6.07, 6.45) is 3.14. The van der Waals surface area contributed by atoms with Crippen molar-refractivity contribution in [3.63, 3.8) is 0 Å². The van der Waals surface area contributed by atoms with Gasteiger partial charge in [-0.1, -0.05) is 29.3 Å². The van der Waals surface area contributed by atoms with E-state index in [-0.39, 0.29) is 28.4 Å². The number of aromatic nitrogens is 2. The van der Waals surface area contributed by atoms with Crippen molar-refractivity contribution in [1.29, 1.82) is 0 Å². The molecule has 0 radical (unpaired) electrons. The van der Waals surface area contributed by atoms with E-state index in [9.17, 15) is 10.1 Å². The molecule has 0 spiro atoms. The van der Waals surface area contributed by atoms with Crippen molar-refractivity contribution in [1.82, 2.24) is 14.9 Å². The van der Waals surface area contributed by atoms with Crippen molar-refractivity contribution in [3.8, 4) is 0 Å². The molecule has 27 heavy (non-hydrogen) atoms. The molecule has 1 saturated heterocycles. The van der Waals surface area contributed by atoms with Crippen LogP contribution in [-0.4, -0.2) is 53.0 Å². The van der Waals surface area contributed by atoms with E-state index >= 15 is 0 Å². The molecule has 0 amide bonds. The molecule has 2 aromatic rings. The van der Waals surface area contributed by atoms with Gasteiger partial charge in [-0.3, -0.25) is 10.1 Å². The third-order valence-corrected chi connectivity index (χ3v) is 5.58. The molecule has 3 rings (SSSR count). The number of anilines is 3. The number of rotatable bonds is 5. The Kier molecular flexibility index (Phi) is 5.98. The first-order valence-electron chi connectivity index (χ1n) is 8.50. The number of halogens is 2. The first kappa shape index (κ1) is 19.6. The molecule has 0 saturated carbocycles. The Morgan fingerprint density at radius 1 is 1.30 bits per heavy atom. The SMILES string of the molecule is CN1CCC(N(C)c2ncnc(Nc3cccc(Cl)c3Cl)c2[N+](=O)[O-])CC1. The Hall–Kier alpha value is -2.16. The van der Waals surface area contributed by atoms with Gasteiger partial charge in [0.05, 0.1) is 20.7 Å². The molecule has 1 aromatic carbocycles. The molecule has 0 bridgehead atoms. The van der Waals surface area contributed by atoms with Crippen LogP contribution in [0.15, 0.2) is 24.5 Å². The third kappa shape index (κ3) is 4.23. The van der Waals surface area contributed by atoms with Gasteiger partial charge in [-0.2, -0.15) is 0 Å². The van der Waals surface area contributed by atoms with E-state index < -0.39 is 4.92 Å². The lowest BCUT2D eigenvalue weighted by molar-refractivity contribution is -0.383. The molecule has 1 aliphatic rings. The fourth-order valence-corrected chi connectivity index (χ4v) is 3.52. The maximum atomic E-state index is 11.8. The van der Waals surface area contributed by atoms with Crippen LogP contribution in [0.3, 0.4) is 0 Å². The summed E-state index contributed by atoms with van der Waals surface area (Å²) in [6.45, 7) is 1.88. The van der Waals surface area contributed by atoms with E-state index in [1.807, 2.05) is 11.9 Å². The highest BCUT2D eigenvalue weighted by atomic mass is 35.5. The lowest BCUT2D eigenvalue weighted by atomic mass is 10.0. The van der Waals surface area contributed by atoms with Crippen LogP contribution < -0.4 is 10.2 Å². The summed E-state index contributed by atoms with van der Waals surface area (Å²) in [6, 6.07) is 5.20. The van der Waals surface area contributed by atoms with E-state index in [2.05, 4.69) is 27.2 Å². The van der Waals surface area contributed by atoms with Gasteiger partial charge in [0, 0.05) is 13.1 Å². The lowest BCUT2D eigenvalue weighted by Crippen LogP contribution is -2.42. The molecule has 10 heteroatoms. The summed E-state index contributed by atoms with van der Waals surface area (Å²) in [5.74, 6) is 0.360. The zero-order valence-electron chi connectivity index (χ0n) is 15.0. The topological polar surface area (TPSA) is 87.4 Å². The van der Waals surface area contributed by atoms with Crippen LogP contribution >= 0.6 is 23.2 Å². The highest BCUT2D eigenvalue weighted by Gasteiger charge is 2.30. The molecule has 0 atom stereocenters. The van der Waals surface area contributed by atoms with Crippen molar-refractivity contribution in [2.75, 3.05) is 37.4 Å².